The van der Waals surface area contributed by atoms with Crippen molar-refractivity contribution >= 4 is 56.0 Å². The predicted octanol–water partition coefficient (Wildman–Crippen LogP) is 5.35. The highest BCUT2D eigenvalue weighted by molar-refractivity contribution is 9.10. The van der Waals surface area contributed by atoms with Crippen LogP contribution in [-0.4, -0.2) is 56.7 Å². The molecule has 37 heavy (non-hydrogen) atoms. The zero-order valence-electron chi connectivity index (χ0n) is 20.0. The number of rotatable bonds is 5. The monoisotopic (exact) mass is 593 g/mol. The number of benzene rings is 1. The molecule has 0 bridgehead atoms. The molecule has 2 N–H and O–H groups in total. The lowest BCUT2D eigenvalue weighted by atomic mass is 9.84. The van der Waals surface area contributed by atoms with Crippen LogP contribution in [0.4, 0.5) is 18.9 Å². The molecule has 0 spiro atoms. The van der Waals surface area contributed by atoms with Crippen LogP contribution in [0.5, 0.6) is 0 Å². The molecule has 7 nitrogen and oxygen atoms in total. The highest BCUT2D eigenvalue weighted by atomic mass is 79.9. The number of anilines is 1. The van der Waals surface area contributed by atoms with Gasteiger partial charge in [-0.2, -0.15) is 13.2 Å². The van der Waals surface area contributed by atoms with Crippen molar-refractivity contribution in [3.63, 3.8) is 0 Å². The summed E-state index contributed by atoms with van der Waals surface area (Å²) in [6, 6.07) is 7.89. The fourth-order valence-corrected chi connectivity index (χ4v) is 5.46. The Morgan fingerprint density at radius 3 is 2.70 bits per heavy atom. The lowest BCUT2D eigenvalue weighted by Gasteiger charge is -2.30. The van der Waals surface area contributed by atoms with Crippen molar-refractivity contribution in [3.8, 4) is 0 Å². The maximum atomic E-state index is 13.5. The van der Waals surface area contributed by atoms with Crippen molar-refractivity contribution in [1.29, 1.82) is 0 Å². The van der Waals surface area contributed by atoms with E-state index in [9.17, 15) is 18.0 Å². The minimum atomic E-state index is -4.54. The van der Waals surface area contributed by atoms with E-state index in [-0.39, 0.29) is 23.6 Å². The van der Waals surface area contributed by atoms with Gasteiger partial charge in [0.05, 0.1) is 15.9 Å². The van der Waals surface area contributed by atoms with Gasteiger partial charge in [0, 0.05) is 23.3 Å². The summed E-state index contributed by atoms with van der Waals surface area (Å²) in [6.45, 7) is 1.71. The zero-order chi connectivity index (χ0) is 26.2. The zero-order valence-corrected chi connectivity index (χ0v) is 22.4. The molecule has 5 rings (SSSR count). The molecule has 1 aliphatic carbocycles. The molecule has 2 fully saturated rings. The number of fused-ring (bicyclic) bond motifs is 1. The summed E-state index contributed by atoms with van der Waals surface area (Å²) in [4.78, 5) is 25.5. The van der Waals surface area contributed by atoms with Crippen molar-refractivity contribution in [2.45, 2.75) is 43.1 Å². The molecular formula is C25H25BrF3N6OS+. The van der Waals surface area contributed by atoms with Crippen molar-refractivity contribution in [3.05, 3.63) is 52.4 Å². The molecular weight excluding hydrogens is 569 g/mol. The molecule has 3 heterocycles. The third kappa shape index (κ3) is 5.90. The SMILES string of the molecule is CSc1ncc(Br)c(C(=O)NC(C2CCC[C@H](Nc3cc(C(F)(F)F)nc4ccccc34)C2)=[N+]2CC2)n1. The molecule has 2 aliphatic rings. The van der Waals surface area contributed by atoms with Gasteiger partial charge in [-0.25, -0.2) is 25.1 Å². The molecule has 2 atom stereocenters. The molecule has 1 aromatic carbocycles. The highest BCUT2D eigenvalue weighted by Gasteiger charge is 2.38. The van der Waals surface area contributed by atoms with Gasteiger partial charge in [-0.1, -0.05) is 36.4 Å². The number of carbonyl (C=O) groups excluding carboxylic acids is 1. The second-order valence-electron chi connectivity index (χ2n) is 9.15. The van der Waals surface area contributed by atoms with Crippen LogP contribution in [-0.2, 0) is 6.18 Å². The van der Waals surface area contributed by atoms with Crippen LogP contribution in [0.25, 0.3) is 10.9 Å². The maximum Gasteiger partial charge on any atom is 0.433 e. The van der Waals surface area contributed by atoms with Crippen LogP contribution >= 0.6 is 27.7 Å². The summed E-state index contributed by atoms with van der Waals surface area (Å²) < 4.78 is 43.2. The lowest BCUT2D eigenvalue weighted by molar-refractivity contribution is -0.342. The van der Waals surface area contributed by atoms with Crippen molar-refractivity contribution in [2.24, 2.45) is 5.92 Å². The van der Waals surface area contributed by atoms with E-state index in [1.807, 2.05) is 6.26 Å². The van der Waals surface area contributed by atoms with E-state index in [0.717, 1.165) is 44.3 Å². The van der Waals surface area contributed by atoms with Crippen LogP contribution in [0.3, 0.4) is 0 Å². The van der Waals surface area contributed by atoms with E-state index in [0.29, 0.717) is 32.6 Å². The van der Waals surface area contributed by atoms with E-state index >= 15 is 0 Å². The van der Waals surface area contributed by atoms with Gasteiger partial charge < -0.3 is 5.32 Å². The fraction of sp³-hybridized carbons (Fsp3) is 0.400. The van der Waals surface area contributed by atoms with Gasteiger partial charge in [-0.05, 0) is 53.6 Å². The van der Waals surface area contributed by atoms with Gasteiger partial charge in [-0.15, -0.1) is 0 Å². The van der Waals surface area contributed by atoms with E-state index in [2.05, 4.69) is 46.1 Å². The topological polar surface area (TPSA) is 82.8 Å². The first kappa shape index (κ1) is 25.9. The van der Waals surface area contributed by atoms with Gasteiger partial charge in [0.2, 0.25) is 0 Å². The third-order valence-electron chi connectivity index (χ3n) is 6.58. The minimum absolute atomic E-state index is 0.0497. The normalized spacial score (nSPS) is 19.5. The minimum Gasteiger partial charge on any atom is -0.382 e. The number of nitrogens with one attached hydrogen (secondary N) is 2. The highest BCUT2D eigenvalue weighted by Crippen LogP contribution is 2.35. The lowest BCUT2D eigenvalue weighted by Crippen LogP contribution is -2.43. The van der Waals surface area contributed by atoms with Crippen LogP contribution in [0, 0.1) is 5.92 Å². The van der Waals surface area contributed by atoms with Gasteiger partial charge in [-0.3, -0.25) is 4.58 Å². The molecule has 2 aromatic heterocycles. The van der Waals surface area contributed by atoms with Crippen LogP contribution in [0.2, 0.25) is 0 Å². The number of alkyl halides is 3. The first-order valence-corrected chi connectivity index (χ1v) is 14.0. The number of hydrogen-bond donors (Lipinski definition) is 2. The predicted molar refractivity (Wildman–Crippen MR) is 140 cm³/mol. The Morgan fingerprint density at radius 2 is 1.97 bits per heavy atom. The van der Waals surface area contributed by atoms with E-state index in [1.165, 1.54) is 11.8 Å². The van der Waals surface area contributed by atoms with Gasteiger partial charge >= 0.3 is 12.1 Å². The molecule has 12 heteroatoms. The molecule has 1 saturated heterocycles. The Kier molecular flexibility index (Phi) is 7.39. The number of carbonyl (C=O) groups is 1. The number of thioether (sulfide) groups is 1. The quantitative estimate of drug-likeness (QED) is 0.136. The van der Waals surface area contributed by atoms with Crippen molar-refractivity contribution in [1.82, 2.24) is 20.3 Å². The summed E-state index contributed by atoms with van der Waals surface area (Å²) >= 11 is 4.73. The Hall–Kier alpha value is -2.73. The average Bonchev–Trinajstić information content (AvgIpc) is 3.72. The number of para-hydroxylation sites is 1. The second kappa shape index (κ2) is 10.6. The number of amidine groups is 1. The first-order valence-electron chi connectivity index (χ1n) is 12.0. The van der Waals surface area contributed by atoms with Gasteiger partial charge in [0.25, 0.3) is 5.84 Å². The molecule has 1 amide bonds. The first-order chi connectivity index (χ1) is 17.7. The smallest absolute Gasteiger partial charge is 0.382 e. The summed E-state index contributed by atoms with van der Waals surface area (Å²) in [6.07, 6.45) is 2.16. The standard InChI is InChI=1S/C25H24BrF3N6OS/c1-37-24-30-13-17(26)21(33-24)23(36)34-22(35-9-10-35)14-5-4-6-15(11-14)31-19-12-20(25(27,28)29)32-18-8-3-2-7-16(18)19/h2-3,7-8,12-15H,4-6,9-11H2,1H3,(H,31,32)/p+1/t14?,15-/m0/s1. The Morgan fingerprint density at radius 1 is 1.19 bits per heavy atom. The average molecular weight is 594 g/mol. The number of nitrogens with zero attached hydrogens (tertiary/aromatic N) is 4. The van der Waals surface area contributed by atoms with E-state index < -0.39 is 11.9 Å². The Labute approximate surface area is 224 Å². The van der Waals surface area contributed by atoms with Crippen molar-refractivity contribution < 1.29 is 22.5 Å². The van der Waals surface area contributed by atoms with Crippen LogP contribution in [0.15, 0.2) is 46.2 Å². The van der Waals surface area contributed by atoms with Gasteiger partial charge in [0.1, 0.15) is 18.8 Å². The van der Waals surface area contributed by atoms with Gasteiger partial charge in [0.15, 0.2) is 10.9 Å². The number of pyridine rings is 1. The molecule has 0 radical (unpaired) electrons. The third-order valence-corrected chi connectivity index (χ3v) is 7.72. The molecule has 1 aliphatic heterocycles. The Bertz CT molecular complexity index is 1380. The van der Waals surface area contributed by atoms with Crippen LogP contribution < -0.4 is 10.6 Å². The number of amides is 1. The largest absolute Gasteiger partial charge is 0.433 e. The molecule has 1 saturated carbocycles. The van der Waals surface area contributed by atoms with E-state index in [4.69, 9.17) is 0 Å². The molecule has 1 unspecified atom stereocenters. The number of aromatic nitrogens is 3. The number of halogens is 4. The van der Waals surface area contributed by atoms with Crippen molar-refractivity contribution in [2.75, 3.05) is 24.7 Å². The summed E-state index contributed by atoms with van der Waals surface area (Å²) in [5.41, 5.74) is 0.0862. The second-order valence-corrected chi connectivity index (χ2v) is 10.8. The molecule has 3 aromatic rings. The van der Waals surface area contributed by atoms with E-state index in [1.54, 1.807) is 30.5 Å². The summed E-state index contributed by atoms with van der Waals surface area (Å²) in [7, 11) is 0. The summed E-state index contributed by atoms with van der Waals surface area (Å²) in [5.74, 6) is 0.605. The fourth-order valence-electron chi connectivity index (χ4n) is 4.74. The number of hydrogen-bond acceptors (Lipinski definition) is 6. The molecule has 194 valence electrons. The van der Waals surface area contributed by atoms with Crippen LogP contribution in [0.1, 0.15) is 41.9 Å². The maximum absolute atomic E-state index is 13.5. The Balaban J connectivity index is 1.36. The summed E-state index contributed by atoms with van der Waals surface area (Å²) in [5, 5.41) is 7.62.